The summed E-state index contributed by atoms with van der Waals surface area (Å²) in [5.74, 6) is -1.01. The standard InChI is InChI=1S/C16H22N2O5/c1-3-22-15(20)13(10-12-8-6-5-7-9-12)18-14(19)11-17-16(21)23-4-2/h5-9,13H,3-4,10-11H2,1-2H3,(H,17,21)(H,18,19). The summed E-state index contributed by atoms with van der Waals surface area (Å²) in [6.07, 6.45) is -0.372. The van der Waals surface area contributed by atoms with Crippen molar-refractivity contribution in [3.8, 4) is 0 Å². The topological polar surface area (TPSA) is 93.7 Å². The van der Waals surface area contributed by atoms with Crippen LogP contribution >= 0.6 is 0 Å². The molecule has 0 bridgehead atoms. The molecule has 1 atom stereocenters. The molecule has 0 aliphatic carbocycles. The molecule has 23 heavy (non-hydrogen) atoms. The fraction of sp³-hybridized carbons (Fsp3) is 0.438. The first-order valence-electron chi connectivity index (χ1n) is 7.47. The summed E-state index contributed by atoms with van der Waals surface area (Å²) in [6.45, 7) is 3.52. The SMILES string of the molecule is CCOC(=O)NCC(=O)NC(Cc1ccccc1)C(=O)OCC. The van der Waals surface area contributed by atoms with E-state index in [-0.39, 0.29) is 19.8 Å². The van der Waals surface area contributed by atoms with Gasteiger partial charge in [-0.2, -0.15) is 0 Å². The van der Waals surface area contributed by atoms with E-state index in [9.17, 15) is 14.4 Å². The van der Waals surface area contributed by atoms with E-state index < -0.39 is 24.0 Å². The molecule has 0 aliphatic heterocycles. The highest BCUT2D eigenvalue weighted by Crippen LogP contribution is 2.04. The highest BCUT2D eigenvalue weighted by atomic mass is 16.5. The molecule has 2 amide bonds. The molecular weight excluding hydrogens is 300 g/mol. The molecule has 7 heteroatoms. The van der Waals surface area contributed by atoms with E-state index in [2.05, 4.69) is 15.4 Å². The van der Waals surface area contributed by atoms with E-state index in [1.54, 1.807) is 13.8 Å². The van der Waals surface area contributed by atoms with Crippen molar-refractivity contribution < 1.29 is 23.9 Å². The first kappa shape index (κ1) is 18.5. The van der Waals surface area contributed by atoms with Crippen molar-refractivity contribution in [3.63, 3.8) is 0 Å². The Morgan fingerprint density at radius 1 is 1.04 bits per heavy atom. The van der Waals surface area contributed by atoms with Crippen LogP contribution in [0.5, 0.6) is 0 Å². The third kappa shape index (κ3) is 7.30. The molecule has 0 heterocycles. The largest absolute Gasteiger partial charge is 0.464 e. The average Bonchev–Trinajstić information content (AvgIpc) is 2.54. The number of hydrogen-bond acceptors (Lipinski definition) is 5. The van der Waals surface area contributed by atoms with E-state index in [4.69, 9.17) is 4.74 Å². The molecule has 0 saturated heterocycles. The zero-order chi connectivity index (χ0) is 17.1. The van der Waals surface area contributed by atoms with Crippen LogP contribution < -0.4 is 10.6 Å². The van der Waals surface area contributed by atoms with Crippen molar-refractivity contribution >= 4 is 18.0 Å². The Kier molecular flexibility index (Phi) is 8.20. The van der Waals surface area contributed by atoms with Crippen molar-refractivity contribution in [2.24, 2.45) is 0 Å². The van der Waals surface area contributed by atoms with Crippen LogP contribution in [0, 0.1) is 0 Å². The van der Waals surface area contributed by atoms with Gasteiger partial charge in [0.15, 0.2) is 0 Å². The second kappa shape index (κ2) is 10.2. The Morgan fingerprint density at radius 3 is 2.30 bits per heavy atom. The fourth-order valence-corrected chi connectivity index (χ4v) is 1.87. The van der Waals surface area contributed by atoms with Gasteiger partial charge in [0.2, 0.25) is 5.91 Å². The molecule has 0 aromatic heterocycles. The van der Waals surface area contributed by atoms with Gasteiger partial charge in [0.05, 0.1) is 13.2 Å². The number of amides is 2. The second-order valence-corrected chi connectivity index (χ2v) is 4.64. The molecule has 0 saturated carbocycles. The number of benzene rings is 1. The molecule has 0 aliphatic rings. The lowest BCUT2D eigenvalue weighted by molar-refractivity contribution is -0.147. The molecule has 1 aromatic rings. The summed E-state index contributed by atoms with van der Waals surface area (Å²) in [5, 5.41) is 4.86. The van der Waals surface area contributed by atoms with Gasteiger partial charge < -0.3 is 20.1 Å². The van der Waals surface area contributed by atoms with Crippen LogP contribution in [0.3, 0.4) is 0 Å². The molecule has 0 radical (unpaired) electrons. The van der Waals surface area contributed by atoms with Crippen LogP contribution in [0.2, 0.25) is 0 Å². The maximum absolute atomic E-state index is 12.0. The third-order valence-electron chi connectivity index (χ3n) is 2.86. The van der Waals surface area contributed by atoms with E-state index in [1.807, 2.05) is 30.3 Å². The van der Waals surface area contributed by atoms with Gasteiger partial charge in [-0.1, -0.05) is 30.3 Å². The Bertz CT molecular complexity index is 518. The first-order chi connectivity index (χ1) is 11.1. The first-order valence-corrected chi connectivity index (χ1v) is 7.47. The highest BCUT2D eigenvalue weighted by molar-refractivity contribution is 5.87. The van der Waals surface area contributed by atoms with Gasteiger partial charge >= 0.3 is 12.1 Å². The average molecular weight is 322 g/mol. The van der Waals surface area contributed by atoms with Crippen LogP contribution in [0.1, 0.15) is 19.4 Å². The van der Waals surface area contributed by atoms with Gasteiger partial charge in [-0.3, -0.25) is 4.79 Å². The number of carbonyl (C=O) groups is 3. The van der Waals surface area contributed by atoms with Crippen LogP contribution in [0.15, 0.2) is 30.3 Å². The lowest BCUT2D eigenvalue weighted by Crippen LogP contribution is -2.47. The molecule has 2 N–H and O–H groups in total. The van der Waals surface area contributed by atoms with E-state index >= 15 is 0 Å². The van der Waals surface area contributed by atoms with Gasteiger partial charge in [-0.05, 0) is 19.4 Å². The van der Waals surface area contributed by atoms with Crippen LogP contribution in [0.25, 0.3) is 0 Å². The highest BCUT2D eigenvalue weighted by Gasteiger charge is 2.22. The predicted molar refractivity (Wildman–Crippen MR) is 83.7 cm³/mol. The number of ether oxygens (including phenoxy) is 2. The van der Waals surface area contributed by atoms with Gasteiger partial charge in [0, 0.05) is 6.42 Å². The van der Waals surface area contributed by atoms with E-state index in [1.165, 1.54) is 0 Å². The number of carbonyl (C=O) groups excluding carboxylic acids is 3. The van der Waals surface area contributed by atoms with Crippen molar-refractivity contribution in [3.05, 3.63) is 35.9 Å². The summed E-state index contributed by atoms with van der Waals surface area (Å²) < 4.78 is 9.63. The van der Waals surface area contributed by atoms with Gasteiger partial charge in [0.1, 0.15) is 12.6 Å². The quantitative estimate of drug-likeness (QED) is 0.697. The smallest absolute Gasteiger partial charge is 0.407 e. The van der Waals surface area contributed by atoms with Crippen LogP contribution in [-0.2, 0) is 25.5 Å². The predicted octanol–water partition coefficient (Wildman–Crippen LogP) is 1.02. The maximum Gasteiger partial charge on any atom is 0.407 e. The monoisotopic (exact) mass is 322 g/mol. The normalized spacial score (nSPS) is 11.2. The van der Waals surface area contributed by atoms with E-state index in [0.29, 0.717) is 6.42 Å². The number of esters is 1. The summed E-state index contributed by atoms with van der Waals surface area (Å²) in [6, 6.07) is 8.47. The molecule has 7 nitrogen and oxygen atoms in total. The molecular formula is C16H22N2O5. The van der Waals surface area contributed by atoms with Crippen LogP contribution in [-0.4, -0.2) is 43.8 Å². The zero-order valence-corrected chi connectivity index (χ0v) is 13.3. The minimum absolute atomic E-state index is 0.215. The summed E-state index contributed by atoms with van der Waals surface area (Å²) >= 11 is 0. The number of alkyl carbamates (subject to hydrolysis) is 1. The lowest BCUT2D eigenvalue weighted by atomic mass is 10.1. The van der Waals surface area contributed by atoms with Crippen molar-refractivity contribution in [1.29, 1.82) is 0 Å². The summed E-state index contributed by atoms with van der Waals surface area (Å²) in [5.41, 5.74) is 0.893. The Morgan fingerprint density at radius 2 is 1.70 bits per heavy atom. The van der Waals surface area contributed by atoms with Gasteiger partial charge in [0.25, 0.3) is 0 Å². The van der Waals surface area contributed by atoms with Crippen LogP contribution in [0.4, 0.5) is 4.79 Å². The number of nitrogens with one attached hydrogen (secondary N) is 2. The lowest BCUT2D eigenvalue weighted by Gasteiger charge is -2.17. The maximum atomic E-state index is 12.0. The Hall–Kier alpha value is -2.57. The van der Waals surface area contributed by atoms with E-state index in [0.717, 1.165) is 5.56 Å². The molecule has 0 fully saturated rings. The summed E-state index contributed by atoms with van der Waals surface area (Å²) in [7, 11) is 0. The summed E-state index contributed by atoms with van der Waals surface area (Å²) in [4.78, 5) is 35.0. The van der Waals surface area contributed by atoms with Gasteiger partial charge in [-0.15, -0.1) is 0 Å². The Balaban J connectivity index is 2.60. The number of hydrogen-bond donors (Lipinski definition) is 2. The number of rotatable bonds is 8. The van der Waals surface area contributed by atoms with Gasteiger partial charge in [-0.25, -0.2) is 9.59 Å². The minimum atomic E-state index is -0.811. The second-order valence-electron chi connectivity index (χ2n) is 4.64. The molecule has 0 spiro atoms. The molecule has 1 rings (SSSR count). The Labute approximate surface area is 135 Å². The fourth-order valence-electron chi connectivity index (χ4n) is 1.87. The van der Waals surface area contributed by atoms with Crippen molar-refractivity contribution in [1.82, 2.24) is 10.6 Å². The minimum Gasteiger partial charge on any atom is -0.464 e. The molecule has 1 aromatic carbocycles. The molecule has 126 valence electrons. The van der Waals surface area contributed by atoms with Crippen molar-refractivity contribution in [2.75, 3.05) is 19.8 Å². The third-order valence-corrected chi connectivity index (χ3v) is 2.86. The molecule has 1 unspecified atom stereocenters. The van der Waals surface area contributed by atoms with Crippen molar-refractivity contribution in [2.45, 2.75) is 26.3 Å². The zero-order valence-electron chi connectivity index (χ0n) is 13.3.